The van der Waals surface area contributed by atoms with E-state index in [-0.39, 0.29) is 17.7 Å². The molecule has 1 atom stereocenters. The molecule has 0 aliphatic carbocycles. The molecule has 2 aromatic carbocycles. The van der Waals surface area contributed by atoms with E-state index in [1.807, 2.05) is 65.7 Å². The fraction of sp³-hybridized carbons (Fsp3) is 0.292. The molecule has 0 bridgehead atoms. The van der Waals surface area contributed by atoms with Crippen molar-refractivity contribution in [3.05, 3.63) is 83.1 Å². The van der Waals surface area contributed by atoms with Crippen LogP contribution >= 0.6 is 11.6 Å². The van der Waals surface area contributed by atoms with Gasteiger partial charge in [-0.2, -0.15) is 5.10 Å². The molecule has 1 N–H and O–H groups in total. The Kier molecular flexibility index (Phi) is 6.67. The van der Waals surface area contributed by atoms with E-state index in [2.05, 4.69) is 10.4 Å². The van der Waals surface area contributed by atoms with Crippen molar-refractivity contribution in [1.29, 1.82) is 0 Å². The van der Waals surface area contributed by atoms with Crippen LogP contribution in [0.5, 0.6) is 0 Å². The standard InChI is InChI=1S/C24H25ClN4O2/c25-21-8-10-22(11-9-21)29-16-19(15-27-29)14-26-24(31)20-7-4-12-28(17-20)23(30)13-18-5-2-1-3-6-18/h1-3,5-6,8-11,15-16,20H,4,7,12-14,17H2,(H,26,31). The second kappa shape index (κ2) is 9.79. The molecule has 2 heterocycles. The highest BCUT2D eigenvalue weighted by atomic mass is 35.5. The maximum atomic E-state index is 12.7. The van der Waals surface area contributed by atoms with Crippen molar-refractivity contribution in [3.63, 3.8) is 0 Å². The molecule has 1 aromatic heterocycles. The molecule has 31 heavy (non-hydrogen) atoms. The Balaban J connectivity index is 1.29. The fourth-order valence-corrected chi connectivity index (χ4v) is 3.95. The molecule has 2 amide bonds. The zero-order valence-electron chi connectivity index (χ0n) is 17.2. The number of piperidine rings is 1. The van der Waals surface area contributed by atoms with Gasteiger partial charge in [0, 0.05) is 36.4 Å². The number of amides is 2. The number of carbonyl (C=O) groups excluding carboxylic acids is 2. The minimum atomic E-state index is -0.181. The summed E-state index contributed by atoms with van der Waals surface area (Å²) in [6.45, 7) is 1.59. The number of aromatic nitrogens is 2. The van der Waals surface area contributed by atoms with E-state index in [0.717, 1.165) is 29.7 Å². The zero-order chi connectivity index (χ0) is 21.6. The second-order valence-corrected chi connectivity index (χ2v) is 8.27. The number of nitrogens with one attached hydrogen (secondary N) is 1. The van der Waals surface area contributed by atoms with Crippen LogP contribution in [0.15, 0.2) is 67.0 Å². The summed E-state index contributed by atoms with van der Waals surface area (Å²) >= 11 is 5.93. The van der Waals surface area contributed by atoms with Crippen molar-refractivity contribution in [2.24, 2.45) is 5.92 Å². The molecule has 7 heteroatoms. The van der Waals surface area contributed by atoms with Gasteiger partial charge in [-0.25, -0.2) is 4.68 Å². The summed E-state index contributed by atoms with van der Waals surface area (Å²) in [6.07, 6.45) is 5.64. The number of hydrogen-bond acceptors (Lipinski definition) is 3. The molecule has 1 aliphatic heterocycles. The summed E-state index contributed by atoms with van der Waals surface area (Å²) in [5, 5.41) is 8.02. The van der Waals surface area contributed by atoms with E-state index in [1.165, 1.54) is 0 Å². The van der Waals surface area contributed by atoms with Crippen LogP contribution in [0.2, 0.25) is 5.02 Å². The maximum Gasteiger partial charge on any atom is 0.227 e. The molecule has 160 valence electrons. The molecule has 1 saturated heterocycles. The molecule has 4 rings (SSSR count). The van der Waals surface area contributed by atoms with E-state index in [1.54, 1.807) is 10.9 Å². The van der Waals surface area contributed by atoms with Crippen molar-refractivity contribution in [1.82, 2.24) is 20.0 Å². The highest BCUT2D eigenvalue weighted by molar-refractivity contribution is 6.30. The number of likely N-dealkylation sites (tertiary alicyclic amines) is 1. The number of halogens is 1. The van der Waals surface area contributed by atoms with Gasteiger partial charge < -0.3 is 10.2 Å². The van der Waals surface area contributed by atoms with Crippen molar-refractivity contribution >= 4 is 23.4 Å². The SMILES string of the molecule is O=C(NCc1cnn(-c2ccc(Cl)cc2)c1)C1CCCN(C(=O)Cc2ccccc2)C1. The van der Waals surface area contributed by atoms with Crippen LogP contribution in [0, 0.1) is 5.92 Å². The van der Waals surface area contributed by atoms with Gasteiger partial charge in [-0.1, -0.05) is 41.9 Å². The summed E-state index contributed by atoms with van der Waals surface area (Å²) in [7, 11) is 0. The van der Waals surface area contributed by atoms with Gasteiger partial charge in [0.05, 0.1) is 24.2 Å². The Morgan fingerprint density at radius 2 is 1.84 bits per heavy atom. The van der Waals surface area contributed by atoms with Crippen LogP contribution in [-0.4, -0.2) is 39.6 Å². The van der Waals surface area contributed by atoms with Crippen molar-refractivity contribution in [2.45, 2.75) is 25.8 Å². The number of carbonyl (C=O) groups is 2. The molecule has 1 unspecified atom stereocenters. The molecular weight excluding hydrogens is 412 g/mol. The molecule has 0 saturated carbocycles. The molecule has 1 aliphatic rings. The lowest BCUT2D eigenvalue weighted by molar-refractivity contribution is -0.135. The highest BCUT2D eigenvalue weighted by Crippen LogP contribution is 2.18. The largest absolute Gasteiger partial charge is 0.352 e. The van der Waals surface area contributed by atoms with Gasteiger partial charge in [-0.15, -0.1) is 0 Å². The maximum absolute atomic E-state index is 12.7. The Morgan fingerprint density at radius 3 is 2.61 bits per heavy atom. The van der Waals surface area contributed by atoms with Crippen LogP contribution in [0.4, 0.5) is 0 Å². The Bertz CT molecular complexity index is 1030. The monoisotopic (exact) mass is 436 g/mol. The number of rotatable bonds is 6. The molecule has 3 aromatic rings. The van der Waals surface area contributed by atoms with Crippen molar-refractivity contribution in [2.75, 3.05) is 13.1 Å². The molecule has 0 spiro atoms. The summed E-state index contributed by atoms with van der Waals surface area (Å²) in [5.41, 5.74) is 2.81. The average Bonchev–Trinajstić information content (AvgIpc) is 3.28. The van der Waals surface area contributed by atoms with Crippen LogP contribution < -0.4 is 5.32 Å². The Morgan fingerprint density at radius 1 is 1.06 bits per heavy atom. The van der Waals surface area contributed by atoms with Crippen LogP contribution in [0.1, 0.15) is 24.0 Å². The zero-order valence-corrected chi connectivity index (χ0v) is 18.0. The number of benzene rings is 2. The summed E-state index contributed by atoms with van der Waals surface area (Å²) in [4.78, 5) is 27.2. The number of nitrogens with zero attached hydrogens (tertiary/aromatic N) is 3. The first-order valence-corrected chi connectivity index (χ1v) is 10.9. The van der Waals surface area contributed by atoms with Gasteiger partial charge >= 0.3 is 0 Å². The first kappa shape index (κ1) is 21.1. The van der Waals surface area contributed by atoms with E-state index in [4.69, 9.17) is 11.6 Å². The predicted octanol–water partition coefficient (Wildman–Crippen LogP) is 3.62. The van der Waals surface area contributed by atoms with Crippen LogP contribution in [-0.2, 0) is 22.6 Å². The van der Waals surface area contributed by atoms with E-state index < -0.39 is 0 Å². The minimum Gasteiger partial charge on any atom is -0.352 e. The third-order valence-corrected chi connectivity index (χ3v) is 5.79. The molecular formula is C24H25ClN4O2. The highest BCUT2D eigenvalue weighted by Gasteiger charge is 2.28. The van der Waals surface area contributed by atoms with Gasteiger partial charge in [0.1, 0.15) is 0 Å². The first-order valence-electron chi connectivity index (χ1n) is 10.5. The lowest BCUT2D eigenvalue weighted by atomic mass is 9.96. The Hall–Kier alpha value is -3.12. The van der Waals surface area contributed by atoms with Gasteiger partial charge in [0.15, 0.2) is 0 Å². The number of hydrogen-bond donors (Lipinski definition) is 1. The van der Waals surface area contributed by atoms with Crippen LogP contribution in [0.25, 0.3) is 5.69 Å². The third kappa shape index (κ3) is 5.52. The third-order valence-electron chi connectivity index (χ3n) is 5.54. The Labute approximate surface area is 186 Å². The van der Waals surface area contributed by atoms with Gasteiger partial charge in [-0.3, -0.25) is 9.59 Å². The van der Waals surface area contributed by atoms with Gasteiger partial charge in [0.2, 0.25) is 11.8 Å². The van der Waals surface area contributed by atoms with E-state index in [0.29, 0.717) is 31.1 Å². The quantitative estimate of drug-likeness (QED) is 0.641. The average molecular weight is 437 g/mol. The topological polar surface area (TPSA) is 67.2 Å². The lowest BCUT2D eigenvalue weighted by Gasteiger charge is -2.32. The van der Waals surface area contributed by atoms with Gasteiger partial charge in [-0.05, 0) is 42.7 Å². The summed E-state index contributed by atoms with van der Waals surface area (Å²) < 4.78 is 1.75. The lowest BCUT2D eigenvalue weighted by Crippen LogP contribution is -2.45. The van der Waals surface area contributed by atoms with Crippen molar-refractivity contribution in [3.8, 4) is 5.69 Å². The smallest absolute Gasteiger partial charge is 0.227 e. The molecule has 0 radical (unpaired) electrons. The van der Waals surface area contributed by atoms with Gasteiger partial charge in [0.25, 0.3) is 0 Å². The summed E-state index contributed by atoms with van der Waals surface area (Å²) in [5.74, 6) is -0.121. The first-order chi connectivity index (χ1) is 15.1. The predicted molar refractivity (Wildman–Crippen MR) is 120 cm³/mol. The minimum absolute atomic E-state index is 0.0172. The fourth-order valence-electron chi connectivity index (χ4n) is 3.82. The normalized spacial score (nSPS) is 16.2. The molecule has 6 nitrogen and oxygen atoms in total. The second-order valence-electron chi connectivity index (χ2n) is 7.83. The molecule has 1 fully saturated rings. The van der Waals surface area contributed by atoms with E-state index >= 15 is 0 Å². The summed E-state index contributed by atoms with van der Waals surface area (Å²) in [6, 6.07) is 17.1. The van der Waals surface area contributed by atoms with E-state index in [9.17, 15) is 9.59 Å². The van der Waals surface area contributed by atoms with Crippen molar-refractivity contribution < 1.29 is 9.59 Å². The van der Waals surface area contributed by atoms with Crippen LogP contribution in [0.3, 0.4) is 0 Å².